The first-order valence-corrected chi connectivity index (χ1v) is 9.64. The van der Waals surface area contributed by atoms with Crippen LogP contribution in [0.15, 0.2) is 18.5 Å². The van der Waals surface area contributed by atoms with E-state index in [2.05, 4.69) is 41.0 Å². The Morgan fingerprint density at radius 3 is 2.76 bits per heavy atom. The lowest BCUT2D eigenvalue weighted by Crippen LogP contribution is -2.39. The Morgan fingerprint density at radius 2 is 2.07 bits per heavy atom. The lowest BCUT2D eigenvalue weighted by Gasteiger charge is -2.34. The molecule has 3 rings (SSSR count). The van der Waals surface area contributed by atoms with E-state index in [1.165, 1.54) is 0 Å². The Morgan fingerprint density at radius 1 is 1.31 bits per heavy atom. The molecule has 2 aromatic rings. The van der Waals surface area contributed by atoms with Gasteiger partial charge in [0.2, 0.25) is 0 Å². The Balaban J connectivity index is 1.76. The summed E-state index contributed by atoms with van der Waals surface area (Å²) in [5.74, 6) is 6.54. The lowest BCUT2D eigenvalue weighted by atomic mass is 9.96. The molecule has 0 saturated carbocycles. The number of hydrogen-bond acceptors (Lipinski definition) is 7. The van der Waals surface area contributed by atoms with Crippen LogP contribution in [-0.2, 0) is 20.8 Å². The van der Waals surface area contributed by atoms with E-state index in [1.807, 2.05) is 26.1 Å². The van der Waals surface area contributed by atoms with E-state index in [4.69, 9.17) is 18.9 Å². The molecule has 0 atom stereocenters. The highest BCUT2D eigenvalue weighted by atomic mass is 16.7. The molecule has 0 spiro atoms. The van der Waals surface area contributed by atoms with Crippen molar-refractivity contribution in [1.29, 1.82) is 0 Å². The second kappa shape index (κ2) is 9.35. The van der Waals surface area contributed by atoms with E-state index in [0.717, 1.165) is 5.56 Å². The number of ether oxygens (including phenoxy) is 4. The zero-order valence-electron chi connectivity index (χ0n) is 17.6. The fraction of sp³-hybridized carbons (Fsp3) is 0.571. The molecule has 8 nitrogen and oxygen atoms in total. The molecule has 29 heavy (non-hydrogen) atoms. The Hall–Kier alpha value is -2.47. The first kappa shape index (κ1) is 21.2. The maximum absolute atomic E-state index is 5.94. The van der Waals surface area contributed by atoms with Crippen molar-refractivity contribution in [3.05, 3.63) is 24.0 Å². The zero-order chi connectivity index (χ0) is 20.9. The minimum atomic E-state index is -0.338. The number of hydrogen-bond donors (Lipinski definition) is 0. The van der Waals surface area contributed by atoms with Crippen LogP contribution >= 0.6 is 0 Å². The van der Waals surface area contributed by atoms with Gasteiger partial charge in [-0.25, -0.2) is 9.67 Å². The van der Waals surface area contributed by atoms with Crippen molar-refractivity contribution < 1.29 is 18.9 Å². The summed E-state index contributed by atoms with van der Waals surface area (Å²) in [5, 5.41) is 8.45. The fourth-order valence-electron chi connectivity index (χ4n) is 2.74. The molecular weight excluding hydrogens is 372 g/mol. The average molecular weight is 400 g/mol. The molecule has 1 aliphatic heterocycles. The predicted molar refractivity (Wildman–Crippen MR) is 107 cm³/mol. The Bertz CT molecular complexity index is 872. The largest absolute Gasteiger partial charge is 0.489 e. The van der Waals surface area contributed by atoms with Crippen molar-refractivity contribution in [3.8, 4) is 29.0 Å². The van der Waals surface area contributed by atoms with Crippen molar-refractivity contribution in [2.24, 2.45) is 5.41 Å². The lowest BCUT2D eigenvalue weighted by molar-refractivity contribution is -0.227. The van der Waals surface area contributed by atoms with Crippen LogP contribution in [-0.4, -0.2) is 59.3 Å². The summed E-state index contributed by atoms with van der Waals surface area (Å²) in [4.78, 5) is 4.51. The van der Waals surface area contributed by atoms with E-state index in [1.54, 1.807) is 18.0 Å². The normalized spacial score (nSPS) is 16.5. The molecular formula is C21H28N4O4. The molecule has 1 fully saturated rings. The molecule has 1 saturated heterocycles. The number of aromatic nitrogens is 4. The Labute approximate surface area is 171 Å². The molecule has 0 aliphatic carbocycles. The number of pyridine rings is 1. The summed E-state index contributed by atoms with van der Waals surface area (Å²) >= 11 is 0. The molecule has 0 aromatic carbocycles. The summed E-state index contributed by atoms with van der Waals surface area (Å²) in [6, 6.07) is 1.86. The van der Waals surface area contributed by atoms with Crippen LogP contribution in [0.2, 0.25) is 0 Å². The van der Waals surface area contributed by atoms with Gasteiger partial charge in [-0.15, -0.1) is 5.10 Å². The van der Waals surface area contributed by atoms with E-state index in [0.29, 0.717) is 43.5 Å². The predicted octanol–water partition coefficient (Wildman–Crippen LogP) is 2.52. The minimum absolute atomic E-state index is 0.0137. The molecule has 1 aliphatic rings. The van der Waals surface area contributed by atoms with Gasteiger partial charge < -0.3 is 18.9 Å². The van der Waals surface area contributed by atoms with Gasteiger partial charge in [-0.05, 0) is 19.9 Å². The summed E-state index contributed by atoms with van der Waals surface area (Å²) < 4.78 is 24.2. The second-order valence-corrected chi connectivity index (χ2v) is 8.01. The average Bonchev–Trinajstić information content (AvgIpc) is 3.12. The number of rotatable bonds is 6. The van der Waals surface area contributed by atoms with Crippen LogP contribution in [0.3, 0.4) is 0 Å². The molecule has 2 aromatic heterocycles. The number of methoxy groups -OCH3 is 1. The summed E-state index contributed by atoms with van der Waals surface area (Å²) in [7, 11) is 1.61. The highest BCUT2D eigenvalue weighted by Crippen LogP contribution is 2.28. The van der Waals surface area contributed by atoms with Crippen molar-refractivity contribution in [3.63, 3.8) is 0 Å². The minimum Gasteiger partial charge on any atom is -0.489 e. The smallest absolute Gasteiger partial charge is 0.177 e. The van der Waals surface area contributed by atoms with Gasteiger partial charge >= 0.3 is 0 Å². The van der Waals surface area contributed by atoms with Gasteiger partial charge in [0.15, 0.2) is 6.29 Å². The molecule has 8 heteroatoms. The number of nitrogens with zero attached hydrogens (tertiary/aromatic N) is 4. The van der Waals surface area contributed by atoms with E-state index >= 15 is 0 Å². The third-order valence-corrected chi connectivity index (χ3v) is 4.10. The van der Waals surface area contributed by atoms with Gasteiger partial charge in [0.05, 0.1) is 32.1 Å². The first-order valence-electron chi connectivity index (χ1n) is 9.64. The topological polar surface area (TPSA) is 80.5 Å². The second-order valence-electron chi connectivity index (χ2n) is 8.01. The maximum Gasteiger partial charge on any atom is 0.177 e. The van der Waals surface area contributed by atoms with Crippen molar-refractivity contribution in [1.82, 2.24) is 20.0 Å². The van der Waals surface area contributed by atoms with Gasteiger partial charge in [-0.1, -0.05) is 30.9 Å². The van der Waals surface area contributed by atoms with Crippen molar-refractivity contribution in [2.45, 2.75) is 46.6 Å². The van der Waals surface area contributed by atoms with Gasteiger partial charge in [-0.2, -0.15) is 0 Å². The zero-order valence-corrected chi connectivity index (χ0v) is 17.6. The molecule has 0 unspecified atom stereocenters. The van der Waals surface area contributed by atoms with Crippen LogP contribution in [0.4, 0.5) is 0 Å². The molecule has 0 N–H and O–H groups in total. The first-order chi connectivity index (χ1) is 13.9. The standard InChI is InChI=1S/C21H28N4O4/c1-15(2)29-18-9-16(7-6-8-26-5)10-22-20(18)17-11-25(24-23-17)12-19-27-13-21(3,4)14-28-19/h9-11,15,19H,8,12-14H2,1-5H3. The SMILES string of the molecule is COCC#Cc1cnc(-c2cn(CC3OCC(C)(C)CO3)nn2)c(OC(C)C)c1. The van der Waals surface area contributed by atoms with Crippen LogP contribution in [0.25, 0.3) is 11.4 Å². The van der Waals surface area contributed by atoms with Crippen LogP contribution in [0.1, 0.15) is 33.3 Å². The fourth-order valence-corrected chi connectivity index (χ4v) is 2.74. The van der Waals surface area contributed by atoms with E-state index < -0.39 is 0 Å². The highest BCUT2D eigenvalue weighted by molar-refractivity contribution is 5.63. The Kier molecular flexibility index (Phi) is 6.85. The summed E-state index contributed by atoms with van der Waals surface area (Å²) in [5.41, 5.74) is 2.02. The maximum atomic E-state index is 5.94. The van der Waals surface area contributed by atoms with E-state index in [9.17, 15) is 0 Å². The van der Waals surface area contributed by atoms with E-state index in [-0.39, 0.29) is 17.8 Å². The molecule has 156 valence electrons. The van der Waals surface area contributed by atoms with Crippen molar-refractivity contribution >= 4 is 0 Å². The van der Waals surface area contributed by atoms with Crippen molar-refractivity contribution in [2.75, 3.05) is 26.9 Å². The van der Waals surface area contributed by atoms with Crippen LogP contribution in [0, 0.1) is 17.3 Å². The quantitative estimate of drug-likeness (QED) is 0.689. The molecule has 0 radical (unpaired) electrons. The highest BCUT2D eigenvalue weighted by Gasteiger charge is 2.28. The van der Waals surface area contributed by atoms with Crippen LogP contribution in [0.5, 0.6) is 5.75 Å². The summed E-state index contributed by atoms with van der Waals surface area (Å²) in [6.45, 7) is 10.3. The van der Waals surface area contributed by atoms with Gasteiger partial charge in [0.25, 0.3) is 0 Å². The molecule has 0 bridgehead atoms. The molecule has 0 amide bonds. The summed E-state index contributed by atoms with van der Waals surface area (Å²) in [6.07, 6.45) is 3.16. The third-order valence-electron chi connectivity index (χ3n) is 4.10. The van der Waals surface area contributed by atoms with Gasteiger partial charge in [0.1, 0.15) is 23.7 Å². The monoisotopic (exact) mass is 400 g/mol. The van der Waals surface area contributed by atoms with Gasteiger partial charge in [0, 0.05) is 24.3 Å². The molecule has 3 heterocycles. The third kappa shape index (κ3) is 6.00. The van der Waals surface area contributed by atoms with Gasteiger partial charge in [-0.3, -0.25) is 0 Å². The van der Waals surface area contributed by atoms with Crippen LogP contribution < -0.4 is 4.74 Å².